The van der Waals surface area contributed by atoms with Crippen LogP contribution in [-0.4, -0.2) is 48.6 Å². The Morgan fingerprint density at radius 3 is 2.09 bits per heavy atom. The summed E-state index contributed by atoms with van der Waals surface area (Å²) in [6, 6.07) is 0.852. The first-order valence-corrected chi connectivity index (χ1v) is 9.94. The number of hydrogen-bond donors (Lipinski definition) is 0. The quantitative estimate of drug-likeness (QED) is 0.739. The van der Waals surface area contributed by atoms with Gasteiger partial charge >= 0.3 is 0 Å². The second-order valence-electron chi connectivity index (χ2n) is 11.5. The number of piperidine rings is 1. The van der Waals surface area contributed by atoms with E-state index < -0.39 is 0 Å². The van der Waals surface area contributed by atoms with Gasteiger partial charge in [0.25, 0.3) is 0 Å². The summed E-state index contributed by atoms with van der Waals surface area (Å²) in [5, 5.41) is 0. The maximum absolute atomic E-state index is 2.83. The predicted octanol–water partition coefficient (Wildman–Crippen LogP) is 4.50. The summed E-state index contributed by atoms with van der Waals surface area (Å²) < 4.78 is 0. The second kappa shape index (κ2) is 5.73. The molecular weight excluding hydrogens is 280 g/mol. The van der Waals surface area contributed by atoms with Crippen LogP contribution in [0.2, 0.25) is 0 Å². The fourth-order valence-corrected chi connectivity index (χ4v) is 5.48. The molecule has 2 saturated heterocycles. The highest BCUT2D eigenvalue weighted by Crippen LogP contribution is 2.58. The van der Waals surface area contributed by atoms with Gasteiger partial charge in [-0.1, -0.05) is 48.5 Å². The molecule has 3 fully saturated rings. The highest BCUT2D eigenvalue weighted by atomic mass is 15.3. The average molecular weight is 321 g/mol. The van der Waals surface area contributed by atoms with E-state index in [1.54, 1.807) is 0 Å². The Morgan fingerprint density at radius 2 is 1.61 bits per heavy atom. The molecule has 1 unspecified atom stereocenters. The van der Waals surface area contributed by atoms with Crippen LogP contribution in [-0.2, 0) is 0 Å². The highest BCUT2D eigenvalue weighted by Gasteiger charge is 2.56. The normalized spacial score (nSPS) is 33.5. The molecule has 23 heavy (non-hydrogen) atoms. The molecule has 2 nitrogen and oxygen atoms in total. The highest BCUT2D eigenvalue weighted by molar-refractivity contribution is 5.08. The molecule has 0 aromatic carbocycles. The van der Waals surface area contributed by atoms with E-state index >= 15 is 0 Å². The molecule has 3 rings (SSSR count). The third kappa shape index (κ3) is 3.79. The van der Waals surface area contributed by atoms with E-state index in [9.17, 15) is 0 Å². The molecule has 3 aliphatic rings. The molecule has 2 heteroatoms. The maximum atomic E-state index is 2.83. The van der Waals surface area contributed by atoms with Crippen molar-refractivity contribution in [2.24, 2.45) is 28.1 Å². The van der Waals surface area contributed by atoms with Crippen molar-refractivity contribution in [1.29, 1.82) is 0 Å². The van der Waals surface area contributed by atoms with Crippen molar-refractivity contribution >= 4 is 0 Å². The summed E-state index contributed by atoms with van der Waals surface area (Å²) in [6.45, 7) is 23.5. The minimum atomic E-state index is 0.432. The Kier molecular flexibility index (Phi) is 4.42. The van der Waals surface area contributed by atoms with Gasteiger partial charge < -0.3 is 4.90 Å². The van der Waals surface area contributed by atoms with E-state index in [1.807, 2.05) is 0 Å². The van der Waals surface area contributed by atoms with Gasteiger partial charge in [-0.25, -0.2) is 0 Å². The second-order valence-corrected chi connectivity index (χ2v) is 11.5. The van der Waals surface area contributed by atoms with Crippen molar-refractivity contribution in [2.75, 3.05) is 32.7 Å². The van der Waals surface area contributed by atoms with Gasteiger partial charge in [-0.05, 0) is 53.9 Å². The van der Waals surface area contributed by atoms with E-state index in [1.165, 1.54) is 52.0 Å². The maximum Gasteiger partial charge on any atom is 0.0146 e. The first-order valence-electron chi connectivity index (χ1n) is 9.94. The van der Waals surface area contributed by atoms with Gasteiger partial charge in [-0.15, -0.1) is 0 Å². The van der Waals surface area contributed by atoms with Gasteiger partial charge in [-0.2, -0.15) is 0 Å². The molecule has 1 aliphatic carbocycles. The fourth-order valence-electron chi connectivity index (χ4n) is 5.48. The van der Waals surface area contributed by atoms with Crippen LogP contribution >= 0.6 is 0 Å². The molecular formula is C21H40N2. The summed E-state index contributed by atoms with van der Waals surface area (Å²) in [4.78, 5) is 5.54. The largest absolute Gasteiger partial charge is 0.302 e. The zero-order chi connectivity index (χ0) is 17.0. The van der Waals surface area contributed by atoms with Crippen molar-refractivity contribution in [1.82, 2.24) is 9.80 Å². The minimum absolute atomic E-state index is 0.432. The summed E-state index contributed by atoms with van der Waals surface area (Å²) in [5.41, 5.74) is 1.68. The van der Waals surface area contributed by atoms with Gasteiger partial charge in [0.05, 0.1) is 0 Å². The molecule has 0 aromatic rings. The Balaban J connectivity index is 1.45. The first-order chi connectivity index (χ1) is 10.5. The van der Waals surface area contributed by atoms with Crippen molar-refractivity contribution in [3.63, 3.8) is 0 Å². The van der Waals surface area contributed by atoms with E-state index in [4.69, 9.17) is 0 Å². The predicted molar refractivity (Wildman–Crippen MR) is 99.6 cm³/mol. The van der Waals surface area contributed by atoms with E-state index in [-0.39, 0.29) is 0 Å². The Bertz CT molecular complexity index is 414. The smallest absolute Gasteiger partial charge is 0.0146 e. The molecule has 0 aromatic heterocycles. The Hall–Kier alpha value is -0.0800. The van der Waals surface area contributed by atoms with Crippen molar-refractivity contribution in [2.45, 2.75) is 73.8 Å². The standard InChI is InChI=1S/C21H40N2/c1-16-12-22(13-19(2,3)4)9-8-18(16)23-14-21(15-23)10-17(11-21)20(5,6)7/h16-18H,8-15H2,1-7H3/t16-,18?/m1/s1. The van der Waals surface area contributed by atoms with Crippen LogP contribution in [0.3, 0.4) is 0 Å². The van der Waals surface area contributed by atoms with Crippen LogP contribution in [0.5, 0.6) is 0 Å². The lowest BCUT2D eigenvalue weighted by Crippen LogP contribution is -2.68. The van der Waals surface area contributed by atoms with Crippen molar-refractivity contribution < 1.29 is 0 Å². The fraction of sp³-hybridized carbons (Fsp3) is 1.00. The number of rotatable bonds is 2. The van der Waals surface area contributed by atoms with Gasteiger partial charge in [0.2, 0.25) is 0 Å². The van der Waals surface area contributed by atoms with Gasteiger partial charge in [0.1, 0.15) is 0 Å². The van der Waals surface area contributed by atoms with E-state index in [2.05, 4.69) is 58.3 Å². The van der Waals surface area contributed by atoms with Gasteiger partial charge in [-0.3, -0.25) is 4.90 Å². The summed E-state index contributed by atoms with van der Waals surface area (Å²) in [6.07, 6.45) is 4.37. The SMILES string of the molecule is C[C@@H]1CN(CC(C)(C)C)CCC1N1CC2(CC(C(C)(C)C)C2)C1. The molecule has 0 amide bonds. The number of nitrogens with zero attached hydrogens (tertiary/aromatic N) is 2. The van der Waals surface area contributed by atoms with Gasteiger partial charge in [0, 0.05) is 32.2 Å². The molecule has 2 heterocycles. The van der Waals surface area contributed by atoms with Crippen LogP contribution in [0.1, 0.15) is 67.7 Å². The van der Waals surface area contributed by atoms with Crippen LogP contribution < -0.4 is 0 Å². The summed E-state index contributed by atoms with van der Waals surface area (Å²) in [5.74, 6) is 1.80. The Labute approximate surface area is 145 Å². The first kappa shape index (κ1) is 17.7. The van der Waals surface area contributed by atoms with Crippen LogP contribution in [0, 0.1) is 28.1 Å². The monoisotopic (exact) mass is 320 g/mol. The van der Waals surface area contributed by atoms with Crippen LogP contribution in [0.4, 0.5) is 0 Å². The van der Waals surface area contributed by atoms with E-state index in [0.717, 1.165) is 23.3 Å². The topological polar surface area (TPSA) is 6.48 Å². The molecule has 1 spiro atoms. The molecule has 134 valence electrons. The third-order valence-corrected chi connectivity index (χ3v) is 6.77. The number of hydrogen-bond acceptors (Lipinski definition) is 2. The molecule has 1 saturated carbocycles. The lowest BCUT2D eigenvalue weighted by molar-refractivity contribution is -0.150. The van der Waals surface area contributed by atoms with Crippen LogP contribution in [0.15, 0.2) is 0 Å². The minimum Gasteiger partial charge on any atom is -0.302 e. The zero-order valence-corrected chi connectivity index (χ0v) is 16.8. The molecule has 2 aliphatic heterocycles. The lowest BCUT2D eigenvalue weighted by Gasteiger charge is -2.64. The number of likely N-dealkylation sites (tertiary alicyclic amines) is 2. The average Bonchev–Trinajstić information content (AvgIpc) is 2.23. The summed E-state index contributed by atoms with van der Waals surface area (Å²) >= 11 is 0. The zero-order valence-electron chi connectivity index (χ0n) is 16.8. The molecule has 0 N–H and O–H groups in total. The van der Waals surface area contributed by atoms with Crippen molar-refractivity contribution in [3.8, 4) is 0 Å². The third-order valence-electron chi connectivity index (χ3n) is 6.77. The molecule has 0 radical (unpaired) electrons. The molecule has 2 atom stereocenters. The molecule has 0 bridgehead atoms. The Morgan fingerprint density at radius 1 is 1.00 bits per heavy atom. The van der Waals surface area contributed by atoms with Crippen LogP contribution in [0.25, 0.3) is 0 Å². The lowest BCUT2D eigenvalue weighted by atomic mass is 9.51. The summed E-state index contributed by atoms with van der Waals surface area (Å²) in [7, 11) is 0. The van der Waals surface area contributed by atoms with Crippen molar-refractivity contribution in [3.05, 3.63) is 0 Å². The van der Waals surface area contributed by atoms with E-state index in [0.29, 0.717) is 10.8 Å². The van der Waals surface area contributed by atoms with Gasteiger partial charge in [0.15, 0.2) is 0 Å².